The third kappa shape index (κ3) is 2.18. The Bertz CT molecular complexity index is 249. The highest BCUT2D eigenvalue weighted by Gasteiger charge is 2.38. The molecule has 0 N–H and O–H groups in total. The van der Waals surface area contributed by atoms with Crippen LogP contribution in [-0.4, -0.2) is 42.5 Å². The van der Waals surface area contributed by atoms with Gasteiger partial charge in [-0.05, 0) is 38.0 Å². The minimum Gasteiger partial charge on any atom is -0.328 e. The molecular weight excluding hydrogens is 200 g/mol. The van der Waals surface area contributed by atoms with E-state index in [9.17, 15) is 4.79 Å². The highest BCUT2D eigenvalue weighted by molar-refractivity contribution is 5.74. The minimum atomic E-state index is 0.218. The first-order valence-corrected chi connectivity index (χ1v) is 6.67. The summed E-state index contributed by atoms with van der Waals surface area (Å²) < 4.78 is 0. The maximum atomic E-state index is 12.0. The van der Waals surface area contributed by atoms with Crippen LogP contribution in [0.2, 0.25) is 0 Å². The number of hydrogen-bond donors (Lipinski definition) is 0. The molecule has 2 amide bonds. The number of likely N-dealkylation sites (tertiary alicyclic amines) is 1. The molecule has 1 heterocycles. The summed E-state index contributed by atoms with van der Waals surface area (Å²) in [5.74, 6) is 0. The van der Waals surface area contributed by atoms with Crippen molar-refractivity contribution >= 4 is 6.03 Å². The summed E-state index contributed by atoms with van der Waals surface area (Å²) in [6.45, 7) is 4.78. The van der Waals surface area contributed by atoms with Gasteiger partial charge in [-0.15, -0.1) is 0 Å². The van der Waals surface area contributed by atoms with Crippen molar-refractivity contribution in [3.05, 3.63) is 0 Å². The van der Waals surface area contributed by atoms with E-state index in [1.165, 1.54) is 38.5 Å². The van der Waals surface area contributed by atoms with E-state index in [1.54, 1.807) is 0 Å². The summed E-state index contributed by atoms with van der Waals surface area (Å²) in [6.07, 6.45) is 8.08. The van der Waals surface area contributed by atoms with Gasteiger partial charge in [-0.2, -0.15) is 0 Å². The second kappa shape index (κ2) is 4.64. The van der Waals surface area contributed by atoms with E-state index >= 15 is 0 Å². The first-order chi connectivity index (χ1) is 7.67. The molecule has 0 aromatic heterocycles. The fraction of sp³-hybridized carbons (Fsp3) is 0.923. The smallest absolute Gasteiger partial charge is 0.319 e. The molecule has 2 rings (SSSR count). The van der Waals surface area contributed by atoms with Crippen LogP contribution in [0.3, 0.4) is 0 Å². The zero-order valence-corrected chi connectivity index (χ0v) is 10.7. The highest BCUT2D eigenvalue weighted by atomic mass is 16.2. The van der Waals surface area contributed by atoms with Crippen molar-refractivity contribution in [3.8, 4) is 0 Å². The molecule has 1 saturated heterocycles. The zero-order chi connectivity index (χ0) is 11.6. The van der Waals surface area contributed by atoms with Crippen LogP contribution >= 0.6 is 0 Å². The van der Waals surface area contributed by atoms with Gasteiger partial charge in [0.15, 0.2) is 0 Å². The molecule has 1 aliphatic heterocycles. The maximum absolute atomic E-state index is 12.0. The number of amides is 2. The Morgan fingerprint density at radius 2 is 1.75 bits per heavy atom. The van der Waals surface area contributed by atoms with Gasteiger partial charge in [-0.3, -0.25) is 0 Å². The number of urea groups is 1. The van der Waals surface area contributed by atoms with Gasteiger partial charge in [0.2, 0.25) is 0 Å². The molecule has 0 aromatic rings. The first kappa shape index (κ1) is 11.7. The summed E-state index contributed by atoms with van der Waals surface area (Å²) in [7, 11) is 1.89. The quantitative estimate of drug-likeness (QED) is 0.672. The fourth-order valence-electron chi connectivity index (χ4n) is 3.17. The Balaban J connectivity index is 1.87. The molecule has 3 heteroatoms. The Hall–Kier alpha value is -0.730. The number of carbonyl (C=O) groups excluding carboxylic acids is 1. The van der Waals surface area contributed by atoms with Gasteiger partial charge in [0.05, 0.1) is 0 Å². The average Bonchev–Trinajstić information content (AvgIpc) is 2.77. The molecule has 0 unspecified atom stereocenters. The largest absolute Gasteiger partial charge is 0.328 e. The first-order valence-electron chi connectivity index (χ1n) is 6.67. The Kier molecular flexibility index (Phi) is 3.41. The Labute approximate surface area is 98.8 Å². The molecular formula is C13H24N2O. The third-order valence-electron chi connectivity index (χ3n) is 4.56. The maximum Gasteiger partial charge on any atom is 0.319 e. The van der Waals surface area contributed by atoms with Crippen LogP contribution in [-0.2, 0) is 0 Å². The molecule has 0 atom stereocenters. The van der Waals surface area contributed by atoms with Gasteiger partial charge in [0.1, 0.15) is 0 Å². The lowest BCUT2D eigenvalue weighted by atomic mass is 9.77. The molecule has 1 spiro atoms. The van der Waals surface area contributed by atoms with Crippen molar-refractivity contribution in [1.82, 2.24) is 9.80 Å². The van der Waals surface area contributed by atoms with Crippen LogP contribution in [0, 0.1) is 5.41 Å². The van der Waals surface area contributed by atoms with Gasteiger partial charge in [0.25, 0.3) is 0 Å². The van der Waals surface area contributed by atoms with Gasteiger partial charge in [0, 0.05) is 26.7 Å². The standard InChI is InChI=1S/C13H24N2O/c1-3-14(2)12(16)15-10-8-13(9-11-15)6-4-5-7-13/h3-11H2,1-2H3. The SMILES string of the molecule is CCN(C)C(=O)N1CCC2(CCCC2)CC1. The van der Waals surface area contributed by atoms with Crippen molar-refractivity contribution in [2.75, 3.05) is 26.7 Å². The molecule has 2 fully saturated rings. The van der Waals surface area contributed by atoms with Gasteiger partial charge < -0.3 is 9.80 Å². The van der Waals surface area contributed by atoms with Crippen LogP contribution in [0.4, 0.5) is 4.79 Å². The Morgan fingerprint density at radius 3 is 2.25 bits per heavy atom. The molecule has 0 radical (unpaired) electrons. The summed E-state index contributed by atoms with van der Waals surface area (Å²) in [5.41, 5.74) is 0.613. The average molecular weight is 224 g/mol. The van der Waals surface area contributed by atoms with E-state index in [2.05, 4.69) is 0 Å². The molecule has 16 heavy (non-hydrogen) atoms. The van der Waals surface area contributed by atoms with E-state index in [0.29, 0.717) is 5.41 Å². The van der Waals surface area contributed by atoms with E-state index < -0.39 is 0 Å². The highest BCUT2D eigenvalue weighted by Crippen LogP contribution is 2.46. The summed E-state index contributed by atoms with van der Waals surface area (Å²) in [4.78, 5) is 15.8. The minimum absolute atomic E-state index is 0.218. The topological polar surface area (TPSA) is 23.6 Å². The predicted molar refractivity (Wildman–Crippen MR) is 65.4 cm³/mol. The van der Waals surface area contributed by atoms with Crippen LogP contribution < -0.4 is 0 Å². The molecule has 3 nitrogen and oxygen atoms in total. The van der Waals surface area contributed by atoms with E-state index in [-0.39, 0.29) is 6.03 Å². The predicted octanol–water partition coefficient (Wildman–Crippen LogP) is 2.71. The second-order valence-corrected chi connectivity index (χ2v) is 5.49. The fourth-order valence-corrected chi connectivity index (χ4v) is 3.17. The molecule has 2 aliphatic rings. The lowest BCUT2D eigenvalue weighted by molar-refractivity contribution is 0.104. The number of nitrogens with zero attached hydrogens (tertiary/aromatic N) is 2. The van der Waals surface area contributed by atoms with Crippen molar-refractivity contribution < 1.29 is 4.79 Å². The van der Waals surface area contributed by atoms with Crippen molar-refractivity contribution in [3.63, 3.8) is 0 Å². The lowest BCUT2D eigenvalue weighted by Crippen LogP contribution is -2.47. The second-order valence-electron chi connectivity index (χ2n) is 5.49. The van der Waals surface area contributed by atoms with E-state index in [0.717, 1.165) is 19.6 Å². The monoisotopic (exact) mass is 224 g/mol. The third-order valence-corrected chi connectivity index (χ3v) is 4.56. The summed E-state index contributed by atoms with van der Waals surface area (Å²) in [6, 6.07) is 0.218. The number of carbonyl (C=O) groups is 1. The molecule has 0 aromatic carbocycles. The van der Waals surface area contributed by atoms with Crippen LogP contribution in [0.15, 0.2) is 0 Å². The van der Waals surface area contributed by atoms with Crippen molar-refractivity contribution in [2.24, 2.45) is 5.41 Å². The van der Waals surface area contributed by atoms with E-state index in [1.807, 2.05) is 23.8 Å². The zero-order valence-electron chi connectivity index (χ0n) is 10.7. The molecule has 0 bridgehead atoms. The molecule has 1 aliphatic carbocycles. The van der Waals surface area contributed by atoms with Crippen LogP contribution in [0.1, 0.15) is 45.4 Å². The lowest BCUT2D eigenvalue weighted by Gasteiger charge is -2.40. The molecule has 1 saturated carbocycles. The van der Waals surface area contributed by atoms with Crippen molar-refractivity contribution in [2.45, 2.75) is 45.4 Å². The van der Waals surface area contributed by atoms with E-state index in [4.69, 9.17) is 0 Å². The van der Waals surface area contributed by atoms with Crippen LogP contribution in [0.25, 0.3) is 0 Å². The Morgan fingerprint density at radius 1 is 1.19 bits per heavy atom. The normalized spacial score (nSPS) is 23.8. The van der Waals surface area contributed by atoms with Crippen molar-refractivity contribution in [1.29, 1.82) is 0 Å². The molecule has 92 valence electrons. The number of rotatable bonds is 1. The summed E-state index contributed by atoms with van der Waals surface area (Å²) in [5, 5.41) is 0. The summed E-state index contributed by atoms with van der Waals surface area (Å²) >= 11 is 0. The number of piperidine rings is 1. The van der Waals surface area contributed by atoms with Gasteiger partial charge >= 0.3 is 6.03 Å². The van der Waals surface area contributed by atoms with Crippen LogP contribution in [0.5, 0.6) is 0 Å². The van der Waals surface area contributed by atoms with Gasteiger partial charge in [-0.25, -0.2) is 4.79 Å². The number of hydrogen-bond acceptors (Lipinski definition) is 1. The van der Waals surface area contributed by atoms with Gasteiger partial charge in [-0.1, -0.05) is 12.8 Å².